The van der Waals surface area contributed by atoms with Crippen molar-refractivity contribution < 1.29 is 14.7 Å². The second kappa shape index (κ2) is 5.61. The summed E-state index contributed by atoms with van der Waals surface area (Å²) >= 11 is 3.27. The third-order valence-corrected chi connectivity index (χ3v) is 3.52. The highest BCUT2D eigenvalue weighted by atomic mass is 79.9. The van der Waals surface area contributed by atoms with E-state index in [-0.39, 0.29) is 0 Å². The van der Waals surface area contributed by atoms with Crippen LogP contribution in [0.5, 0.6) is 0 Å². The Morgan fingerprint density at radius 2 is 2.00 bits per heavy atom. The maximum Gasteiger partial charge on any atom is 0.328 e. The minimum absolute atomic E-state index is 0.297. The fraction of sp³-hybridized carbons (Fsp3) is 0.385. The Kier molecular flexibility index (Phi) is 4.57. The van der Waals surface area contributed by atoms with E-state index in [0.717, 1.165) is 0 Å². The lowest BCUT2D eigenvalue weighted by Gasteiger charge is -2.37. The van der Waals surface area contributed by atoms with Gasteiger partial charge in [-0.05, 0) is 39.0 Å². The van der Waals surface area contributed by atoms with Crippen LogP contribution < -0.4 is 10.6 Å². The maximum atomic E-state index is 11.5. The number of hydrogen-bond donors (Lipinski definition) is 2. The monoisotopic (exact) mass is 328 g/mol. The average Bonchev–Trinajstić information content (AvgIpc) is 2.31. The predicted octanol–water partition coefficient (Wildman–Crippen LogP) is 2.24. The van der Waals surface area contributed by atoms with E-state index >= 15 is 0 Å². The van der Waals surface area contributed by atoms with Gasteiger partial charge in [0.15, 0.2) is 0 Å². The summed E-state index contributed by atoms with van der Waals surface area (Å²) in [6, 6.07) is 5.04. The molecule has 0 aromatic heterocycles. The number of benzene rings is 1. The molecular formula is C13H17BrN2O3. The molecule has 0 aliphatic rings. The Morgan fingerprint density at radius 3 is 2.42 bits per heavy atom. The number of amides is 1. The van der Waals surface area contributed by atoms with E-state index < -0.39 is 17.4 Å². The highest BCUT2D eigenvalue weighted by Crippen LogP contribution is 2.29. The number of carboxylic acids is 1. The molecule has 1 amide bonds. The first-order chi connectivity index (χ1) is 8.71. The van der Waals surface area contributed by atoms with E-state index in [4.69, 9.17) is 5.73 Å². The van der Waals surface area contributed by atoms with Crippen molar-refractivity contribution >= 4 is 33.5 Å². The fourth-order valence-corrected chi connectivity index (χ4v) is 2.28. The highest BCUT2D eigenvalue weighted by Gasteiger charge is 2.35. The van der Waals surface area contributed by atoms with Crippen molar-refractivity contribution in [1.29, 1.82) is 0 Å². The number of rotatable bonds is 5. The number of carboxylic acid groups (broad SMARTS) is 1. The number of likely N-dealkylation sites (N-methyl/N-ethyl adjacent to an activating group) is 1. The number of nitrogens with zero attached hydrogens (tertiary/aromatic N) is 1. The zero-order valence-corrected chi connectivity index (χ0v) is 12.7. The minimum Gasteiger partial charge on any atom is -0.480 e. The van der Waals surface area contributed by atoms with Crippen LogP contribution in [0.4, 0.5) is 5.69 Å². The summed E-state index contributed by atoms with van der Waals surface area (Å²) in [6.07, 6.45) is 0. The molecule has 0 fully saturated rings. The van der Waals surface area contributed by atoms with Gasteiger partial charge in [-0.15, -0.1) is 0 Å². The van der Waals surface area contributed by atoms with Gasteiger partial charge in [-0.25, -0.2) is 4.79 Å². The third kappa shape index (κ3) is 3.07. The Morgan fingerprint density at radius 1 is 1.42 bits per heavy atom. The van der Waals surface area contributed by atoms with Crippen LogP contribution in [0.3, 0.4) is 0 Å². The normalized spacial score (nSPS) is 11.2. The number of carbonyl (C=O) groups excluding carboxylic acids is 1. The molecule has 1 aromatic rings. The van der Waals surface area contributed by atoms with Crippen LogP contribution in [0.25, 0.3) is 0 Å². The van der Waals surface area contributed by atoms with E-state index in [1.54, 1.807) is 36.9 Å². The Bertz CT molecular complexity index is 515. The van der Waals surface area contributed by atoms with Crippen molar-refractivity contribution in [2.75, 3.05) is 11.4 Å². The summed E-state index contributed by atoms with van der Waals surface area (Å²) in [6.45, 7) is 5.45. The smallest absolute Gasteiger partial charge is 0.328 e. The zero-order valence-electron chi connectivity index (χ0n) is 11.1. The third-order valence-electron chi connectivity index (χ3n) is 3.03. The number of nitrogens with two attached hydrogens (primary N) is 1. The van der Waals surface area contributed by atoms with Crippen molar-refractivity contribution in [3.63, 3.8) is 0 Å². The molecule has 3 N–H and O–H groups in total. The SMILES string of the molecule is CCN(c1ccc(Br)cc1C(N)=O)C(C)(C)C(=O)O. The second-order valence-corrected chi connectivity index (χ2v) is 5.55. The molecule has 0 bridgehead atoms. The van der Waals surface area contributed by atoms with Crippen LogP contribution in [0.15, 0.2) is 22.7 Å². The van der Waals surface area contributed by atoms with Crippen molar-refractivity contribution in [2.45, 2.75) is 26.3 Å². The van der Waals surface area contributed by atoms with Crippen molar-refractivity contribution in [3.8, 4) is 0 Å². The number of primary amides is 1. The molecule has 0 unspecified atom stereocenters. The molecule has 0 saturated heterocycles. The van der Waals surface area contributed by atoms with E-state index in [0.29, 0.717) is 22.3 Å². The maximum absolute atomic E-state index is 11.5. The average molecular weight is 329 g/mol. The van der Waals surface area contributed by atoms with E-state index in [2.05, 4.69) is 15.9 Å². The van der Waals surface area contributed by atoms with Gasteiger partial charge in [0.05, 0.1) is 11.3 Å². The fourth-order valence-electron chi connectivity index (χ4n) is 1.92. The Hall–Kier alpha value is -1.56. The predicted molar refractivity (Wildman–Crippen MR) is 77.4 cm³/mol. The van der Waals surface area contributed by atoms with Gasteiger partial charge in [-0.2, -0.15) is 0 Å². The van der Waals surface area contributed by atoms with Gasteiger partial charge in [0.1, 0.15) is 5.54 Å². The Labute approximate surface area is 120 Å². The first-order valence-corrected chi connectivity index (χ1v) is 6.61. The lowest BCUT2D eigenvalue weighted by molar-refractivity contribution is -0.142. The molecule has 0 heterocycles. The second-order valence-electron chi connectivity index (χ2n) is 4.63. The largest absolute Gasteiger partial charge is 0.480 e. The minimum atomic E-state index is -1.13. The van der Waals surface area contributed by atoms with E-state index in [9.17, 15) is 14.7 Å². The molecule has 0 aliphatic heterocycles. The van der Waals surface area contributed by atoms with Crippen molar-refractivity contribution in [3.05, 3.63) is 28.2 Å². The van der Waals surface area contributed by atoms with Gasteiger partial charge in [0.25, 0.3) is 5.91 Å². The molecule has 19 heavy (non-hydrogen) atoms. The van der Waals surface area contributed by atoms with Gasteiger partial charge in [0.2, 0.25) is 0 Å². The number of aliphatic carboxylic acids is 1. The molecule has 1 aromatic carbocycles. The van der Waals surface area contributed by atoms with Crippen LogP contribution in [0.2, 0.25) is 0 Å². The molecule has 6 heteroatoms. The first-order valence-electron chi connectivity index (χ1n) is 5.82. The summed E-state index contributed by atoms with van der Waals surface area (Å²) in [5.41, 5.74) is 5.05. The molecule has 0 atom stereocenters. The first kappa shape index (κ1) is 15.5. The molecule has 0 aliphatic carbocycles. The molecule has 1 rings (SSSR count). The molecular weight excluding hydrogens is 312 g/mol. The van der Waals surface area contributed by atoms with Gasteiger partial charge in [-0.1, -0.05) is 15.9 Å². The van der Waals surface area contributed by atoms with Crippen LogP contribution in [-0.2, 0) is 4.79 Å². The quantitative estimate of drug-likeness (QED) is 0.868. The zero-order chi connectivity index (χ0) is 14.8. The van der Waals surface area contributed by atoms with Crippen LogP contribution in [-0.4, -0.2) is 29.1 Å². The van der Waals surface area contributed by atoms with Crippen molar-refractivity contribution in [1.82, 2.24) is 0 Å². The lowest BCUT2D eigenvalue weighted by Crippen LogP contribution is -2.51. The summed E-state index contributed by atoms with van der Waals surface area (Å²) < 4.78 is 0.717. The number of carbonyl (C=O) groups is 2. The van der Waals surface area contributed by atoms with Gasteiger partial charge in [0, 0.05) is 11.0 Å². The van der Waals surface area contributed by atoms with Crippen LogP contribution in [0, 0.1) is 0 Å². The van der Waals surface area contributed by atoms with Crippen LogP contribution >= 0.6 is 15.9 Å². The number of hydrogen-bond acceptors (Lipinski definition) is 3. The molecule has 104 valence electrons. The summed E-state index contributed by atoms with van der Waals surface area (Å²) in [4.78, 5) is 24.5. The summed E-state index contributed by atoms with van der Waals surface area (Å²) in [5.74, 6) is -1.55. The summed E-state index contributed by atoms with van der Waals surface area (Å²) in [5, 5.41) is 9.32. The topological polar surface area (TPSA) is 83.6 Å². The standard InChI is InChI=1S/C13H17BrN2O3/c1-4-16(13(2,3)12(18)19)10-6-5-8(14)7-9(10)11(15)17/h5-7H,4H2,1-3H3,(H2,15,17)(H,18,19). The van der Waals surface area contributed by atoms with Crippen LogP contribution in [0.1, 0.15) is 31.1 Å². The number of anilines is 1. The van der Waals surface area contributed by atoms with Crippen molar-refractivity contribution in [2.24, 2.45) is 5.73 Å². The highest BCUT2D eigenvalue weighted by molar-refractivity contribution is 9.10. The summed E-state index contributed by atoms with van der Waals surface area (Å²) in [7, 11) is 0. The van der Waals surface area contributed by atoms with E-state index in [1.165, 1.54) is 0 Å². The number of halogens is 1. The molecule has 0 spiro atoms. The van der Waals surface area contributed by atoms with E-state index in [1.807, 2.05) is 6.92 Å². The molecule has 0 saturated carbocycles. The Balaban J connectivity index is 3.42. The van der Waals surface area contributed by atoms with Gasteiger partial charge in [-0.3, -0.25) is 4.79 Å². The molecule has 0 radical (unpaired) electrons. The van der Waals surface area contributed by atoms with Gasteiger partial charge < -0.3 is 15.7 Å². The lowest BCUT2D eigenvalue weighted by atomic mass is 10.00. The van der Waals surface area contributed by atoms with Gasteiger partial charge >= 0.3 is 5.97 Å². The molecule has 5 nitrogen and oxygen atoms in total.